The van der Waals surface area contributed by atoms with Gasteiger partial charge in [-0.2, -0.15) is 0 Å². The molecule has 0 saturated heterocycles. The van der Waals surface area contributed by atoms with Crippen LogP contribution in [-0.4, -0.2) is 23.4 Å². The molecule has 1 amide bonds. The molecule has 1 atom stereocenters. The van der Waals surface area contributed by atoms with Gasteiger partial charge in [-0.15, -0.1) is 0 Å². The lowest BCUT2D eigenvalue weighted by Gasteiger charge is -2.30. The molecular weight excluding hydrogens is 402 g/mol. The largest absolute Gasteiger partial charge is 0.494 e. The quantitative estimate of drug-likeness (QED) is 0.454. The number of ether oxygens (including phenoxy) is 2. The summed E-state index contributed by atoms with van der Waals surface area (Å²) in [7, 11) is 0. The maximum absolute atomic E-state index is 12.2. The topological polar surface area (TPSA) is 78.5 Å². The fourth-order valence-corrected chi connectivity index (χ4v) is 4.58. The van der Waals surface area contributed by atoms with Crippen LogP contribution in [0.25, 0.3) is 22.2 Å². The van der Waals surface area contributed by atoms with E-state index >= 15 is 0 Å². The number of rotatable bonds is 7. The monoisotopic (exact) mass is 433 g/mol. The van der Waals surface area contributed by atoms with Crippen molar-refractivity contribution in [3.63, 3.8) is 0 Å². The van der Waals surface area contributed by atoms with Crippen LogP contribution in [0.15, 0.2) is 42.5 Å². The number of hydrogen-bond acceptors (Lipinski definition) is 4. The number of nitrogens with one attached hydrogen (secondary N) is 1. The van der Waals surface area contributed by atoms with Gasteiger partial charge in [-0.05, 0) is 76.1 Å². The highest BCUT2D eigenvalue weighted by Gasteiger charge is 2.31. The summed E-state index contributed by atoms with van der Waals surface area (Å²) >= 11 is 0. The van der Waals surface area contributed by atoms with E-state index in [1.54, 1.807) is 0 Å². The van der Waals surface area contributed by atoms with Gasteiger partial charge in [-0.3, -0.25) is 5.32 Å². The highest BCUT2D eigenvalue weighted by molar-refractivity contribution is 6.01. The van der Waals surface area contributed by atoms with Crippen molar-refractivity contribution in [1.29, 1.82) is 0 Å². The zero-order valence-corrected chi connectivity index (χ0v) is 18.8. The smallest absolute Gasteiger partial charge is 0.411 e. The van der Waals surface area contributed by atoms with Gasteiger partial charge in [-0.1, -0.05) is 12.1 Å². The molecule has 0 unspecified atom stereocenters. The minimum Gasteiger partial charge on any atom is -0.494 e. The first kappa shape index (κ1) is 20.7. The van der Waals surface area contributed by atoms with Gasteiger partial charge in [0.05, 0.1) is 23.5 Å². The normalized spacial score (nSPS) is 17.1. The number of nitrogens with zero attached hydrogens (tertiary/aromatic N) is 1. The summed E-state index contributed by atoms with van der Waals surface area (Å²) in [6.07, 6.45) is 5.40. The van der Waals surface area contributed by atoms with Crippen molar-refractivity contribution in [3.05, 3.63) is 42.5 Å². The number of anilines is 2. The predicted molar refractivity (Wildman–Crippen MR) is 128 cm³/mol. The Hall–Kier alpha value is -3.15. The molecule has 3 aromatic rings. The Kier molecular flexibility index (Phi) is 5.45. The first-order valence-electron chi connectivity index (χ1n) is 11.7. The van der Waals surface area contributed by atoms with Crippen molar-refractivity contribution >= 4 is 28.4 Å². The predicted octanol–water partition coefficient (Wildman–Crippen LogP) is 6.36. The maximum Gasteiger partial charge on any atom is 0.411 e. The molecule has 3 N–H and O–H groups in total. The third-order valence-corrected chi connectivity index (χ3v) is 6.75. The first-order valence-corrected chi connectivity index (χ1v) is 11.7. The second-order valence-electron chi connectivity index (χ2n) is 8.98. The summed E-state index contributed by atoms with van der Waals surface area (Å²) in [5, 5.41) is 3.89. The fraction of sp³-hybridized carbons (Fsp3) is 0.423. The number of nitrogen functional groups attached to an aromatic ring is 1. The van der Waals surface area contributed by atoms with Crippen LogP contribution in [0.1, 0.15) is 52.0 Å². The molecule has 1 aromatic heterocycles. The van der Waals surface area contributed by atoms with Crippen LogP contribution in [0.5, 0.6) is 5.75 Å². The van der Waals surface area contributed by atoms with E-state index in [1.807, 2.05) is 44.2 Å². The lowest BCUT2D eigenvalue weighted by atomic mass is 9.92. The average molecular weight is 434 g/mol. The van der Waals surface area contributed by atoms with Crippen LogP contribution in [0, 0.1) is 5.92 Å². The van der Waals surface area contributed by atoms with E-state index in [9.17, 15) is 4.79 Å². The lowest BCUT2D eigenvalue weighted by Crippen LogP contribution is -2.21. The van der Waals surface area contributed by atoms with Crippen LogP contribution in [0.2, 0.25) is 0 Å². The number of fused-ring (bicyclic) bond motifs is 1. The van der Waals surface area contributed by atoms with Gasteiger partial charge >= 0.3 is 6.09 Å². The van der Waals surface area contributed by atoms with Crippen molar-refractivity contribution in [1.82, 2.24) is 4.57 Å². The van der Waals surface area contributed by atoms with Crippen LogP contribution >= 0.6 is 0 Å². The Morgan fingerprint density at radius 3 is 2.53 bits per heavy atom. The molecule has 6 heteroatoms. The van der Waals surface area contributed by atoms with Crippen molar-refractivity contribution < 1.29 is 14.3 Å². The molecule has 2 saturated carbocycles. The molecular formula is C26H31N3O3. The van der Waals surface area contributed by atoms with Crippen LogP contribution in [0.3, 0.4) is 0 Å². The number of benzene rings is 2. The Labute approximate surface area is 188 Å². The molecule has 2 aliphatic carbocycles. The van der Waals surface area contributed by atoms with Crippen LogP contribution in [-0.2, 0) is 4.74 Å². The minimum atomic E-state index is -0.399. The van der Waals surface area contributed by atoms with Gasteiger partial charge in [0.15, 0.2) is 0 Å². The molecule has 0 spiro atoms. The van der Waals surface area contributed by atoms with E-state index in [-0.39, 0.29) is 6.10 Å². The molecule has 0 aliphatic heterocycles. The van der Waals surface area contributed by atoms with E-state index in [0.717, 1.165) is 59.3 Å². The summed E-state index contributed by atoms with van der Waals surface area (Å²) in [6, 6.07) is 14.4. The molecule has 2 aliphatic rings. The van der Waals surface area contributed by atoms with E-state index in [1.165, 1.54) is 6.42 Å². The van der Waals surface area contributed by atoms with Crippen molar-refractivity contribution in [3.8, 4) is 17.0 Å². The summed E-state index contributed by atoms with van der Waals surface area (Å²) in [4.78, 5) is 12.2. The summed E-state index contributed by atoms with van der Waals surface area (Å²) in [5.41, 5.74) is 11.4. The van der Waals surface area contributed by atoms with Crippen molar-refractivity contribution in [2.75, 3.05) is 17.7 Å². The summed E-state index contributed by atoms with van der Waals surface area (Å²) in [5.74, 6) is 1.38. The van der Waals surface area contributed by atoms with Gasteiger partial charge in [0.1, 0.15) is 11.9 Å². The minimum absolute atomic E-state index is 0.0335. The maximum atomic E-state index is 12.2. The second-order valence-corrected chi connectivity index (χ2v) is 8.98. The number of aromatic nitrogens is 1. The van der Waals surface area contributed by atoms with Crippen LogP contribution < -0.4 is 15.8 Å². The Bertz CT molecular complexity index is 1130. The van der Waals surface area contributed by atoms with E-state index in [0.29, 0.717) is 24.3 Å². The van der Waals surface area contributed by atoms with Crippen LogP contribution in [0.4, 0.5) is 16.2 Å². The molecule has 0 radical (unpaired) electrons. The second kappa shape index (κ2) is 8.41. The number of carbonyl (C=O) groups excluding carboxylic acids is 1. The summed E-state index contributed by atoms with van der Waals surface area (Å²) in [6.45, 7) is 4.58. The molecule has 1 heterocycles. The fourth-order valence-electron chi connectivity index (χ4n) is 4.58. The standard InChI is InChI=1S/C26H31N3O3/c1-3-31-21-13-14-22-23(15-21)29(20-5-4-6-20)25(24(22)27)18-9-11-19(12-10-18)28-26(30)32-16(2)17-7-8-17/h9-17,20H,3-8,27H2,1-2H3,(H,28,30)/t16-/m1/s1. The van der Waals surface area contributed by atoms with E-state index in [4.69, 9.17) is 15.2 Å². The Morgan fingerprint density at radius 1 is 1.16 bits per heavy atom. The molecule has 6 nitrogen and oxygen atoms in total. The molecule has 0 bridgehead atoms. The average Bonchev–Trinajstić information content (AvgIpc) is 3.55. The van der Waals surface area contributed by atoms with E-state index < -0.39 is 6.09 Å². The molecule has 32 heavy (non-hydrogen) atoms. The molecule has 2 fully saturated rings. The molecule has 168 valence electrons. The van der Waals surface area contributed by atoms with Gasteiger partial charge in [-0.25, -0.2) is 4.79 Å². The zero-order valence-electron chi connectivity index (χ0n) is 18.8. The zero-order chi connectivity index (χ0) is 22.2. The Balaban J connectivity index is 1.44. The highest BCUT2D eigenvalue weighted by atomic mass is 16.6. The molecule has 2 aromatic carbocycles. The van der Waals surface area contributed by atoms with Crippen molar-refractivity contribution in [2.24, 2.45) is 5.92 Å². The Morgan fingerprint density at radius 2 is 1.91 bits per heavy atom. The first-order chi connectivity index (χ1) is 15.5. The number of amides is 1. The number of hydrogen-bond donors (Lipinski definition) is 2. The van der Waals surface area contributed by atoms with E-state index in [2.05, 4.69) is 22.0 Å². The number of carbonyl (C=O) groups is 1. The lowest BCUT2D eigenvalue weighted by molar-refractivity contribution is 0.108. The third kappa shape index (κ3) is 3.90. The SMILES string of the molecule is CCOc1ccc2c(N)c(-c3ccc(NC(=O)O[C@H](C)C4CC4)cc3)n(C3CCC3)c2c1. The molecule has 5 rings (SSSR count). The third-order valence-electron chi connectivity index (χ3n) is 6.75. The summed E-state index contributed by atoms with van der Waals surface area (Å²) < 4.78 is 13.6. The van der Waals surface area contributed by atoms with Crippen molar-refractivity contribution in [2.45, 2.75) is 58.1 Å². The highest BCUT2D eigenvalue weighted by Crippen LogP contribution is 2.45. The number of nitrogens with two attached hydrogens (primary N) is 1. The van der Waals surface area contributed by atoms with Gasteiger partial charge in [0, 0.05) is 28.7 Å². The van der Waals surface area contributed by atoms with Gasteiger partial charge in [0.2, 0.25) is 0 Å². The van der Waals surface area contributed by atoms with Gasteiger partial charge < -0.3 is 19.8 Å². The van der Waals surface area contributed by atoms with Gasteiger partial charge in [0.25, 0.3) is 0 Å².